The van der Waals surface area contributed by atoms with Gasteiger partial charge in [0.15, 0.2) is 5.76 Å². The zero-order valence-corrected chi connectivity index (χ0v) is 16.2. The molecular weight excluding hydrogens is 367 g/mol. The maximum absolute atomic E-state index is 13.0. The third-order valence-corrected chi connectivity index (χ3v) is 5.67. The van der Waals surface area contributed by atoms with Gasteiger partial charge in [-0.15, -0.1) is 0 Å². The molecule has 0 unspecified atom stereocenters. The van der Waals surface area contributed by atoms with Gasteiger partial charge >= 0.3 is 0 Å². The normalized spacial score (nSPS) is 11.9. The highest BCUT2D eigenvalue weighted by Crippen LogP contribution is 2.30. The van der Waals surface area contributed by atoms with Gasteiger partial charge in [0.1, 0.15) is 5.82 Å². The summed E-state index contributed by atoms with van der Waals surface area (Å²) in [4.78, 5) is 0.200. The molecule has 3 rings (SSSR count). The number of aryl methyl sites for hydroxylation is 1. The van der Waals surface area contributed by atoms with Gasteiger partial charge in [-0.25, -0.2) is 17.5 Å². The van der Waals surface area contributed by atoms with Crippen molar-refractivity contribution in [1.82, 2.24) is 9.88 Å². The van der Waals surface area contributed by atoms with Crippen LogP contribution in [0.15, 0.2) is 57.9 Å². The zero-order chi connectivity index (χ0) is 19.6. The molecule has 1 heterocycles. The van der Waals surface area contributed by atoms with Gasteiger partial charge in [-0.2, -0.15) is 0 Å². The average Bonchev–Trinajstić information content (AvgIpc) is 3.07. The molecule has 2 aromatic carbocycles. The molecule has 5 nitrogen and oxygen atoms in total. The van der Waals surface area contributed by atoms with Crippen molar-refractivity contribution in [2.75, 3.05) is 0 Å². The number of aromatic nitrogens is 1. The molecule has 0 saturated carbocycles. The highest BCUT2D eigenvalue weighted by Gasteiger charge is 2.22. The molecule has 0 radical (unpaired) electrons. The summed E-state index contributed by atoms with van der Waals surface area (Å²) in [6.07, 6.45) is 0. The quantitative estimate of drug-likeness (QED) is 0.680. The molecular formula is C20H21FN2O3S. The van der Waals surface area contributed by atoms with Crippen molar-refractivity contribution < 1.29 is 17.3 Å². The number of benzene rings is 2. The highest BCUT2D eigenvalue weighted by molar-refractivity contribution is 7.89. The van der Waals surface area contributed by atoms with Gasteiger partial charge in [-0.1, -0.05) is 43.3 Å². The first-order chi connectivity index (χ1) is 12.8. The number of hydrogen-bond donors (Lipinski definition) is 1. The van der Waals surface area contributed by atoms with Crippen molar-refractivity contribution in [1.29, 1.82) is 0 Å². The Morgan fingerprint density at radius 2 is 1.81 bits per heavy atom. The molecule has 0 aliphatic rings. The fourth-order valence-corrected chi connectivity index (χ4v) is 4.16. The van der Waals surface area contributed by atoms with Gasteiger partial charge in [0.2, 0.25) is 10.0 Å². The molecule has 0 bridgehead atoms. The third-order valence-electron chi connectivity index (χ3n) is 4.22. The minimum absolute atomic E-state index is 0.0212. The molecule has 0 aliphatic heterocycles. The molecule has 7 heteroatoms. The van der Waals surface area contributed by atoms with E-state index in [1.165, 1.54) is 12.1 Å². The lowest BCUT2D eigenvalue weighted by molar-refractivity contribution is 0.427. The average molecular weight is 388 g/mol. The topological polar surface area (TPSA) is 72.2 Å². The second-order valence-electron chi connectivity index (χ2n) is 6.69. The first-order valence-corrected chi connectivity index (χ1v) is 10.1. The summed E-state index contributed by atoms with van der Waals surface area (Å²) in [6, 6.07) is 12.7. The Bertz CT molecular complexity index is 1040. The van der Waals surface area contributed by atoms with Crippen LogP contribution in [0.3, 0.4) is 0 Å². The molecule has 0 atom stereocenters. The van der Waals surface area contributed by atoms with Gasteiger partial charge < -0.3 is 4.52 Å². The van der Waals surface area contributed by atoms with E-state index >= 15 is 0 Å². The predicted octanol–water partition coefficient (Wildman–Crippen LogP) is 4.39. The monoisotopic (exact) mass is 388 g/mol. The number of sulfonamides is 1. The smallest absolute Gasteiger partial charge is 0.241 e. The second kappa shape index (κ2) is 7.62. The van der Waals surface area contributed by atoms with Crippen LogP contribution < -0.4 is 4.72 Å². The minimum Gasteiger partial charge on any atom is -0.356 e. The number of rotatable bonds is 6. The molecule has 0 saturated heterocycles. The Morgan fingerprint density at radius 1 is 1.11 bits per heavy atom. The number of hydrogen-bond acceptors (Lipinski definition) is 4. The van der Waals surface area contributed by atoms with Crippen molar-refractivity contribution in [3.63, 3.8) is 0 Å². The number of halogens is 1. The van der Waals surface area contributed by atoms with E-state index in [-0.39, 0.29) is 23.2 Å². The molecule has 0 spiro atoms. The SMILES string of the molecule is Cc1cc(-c2ccc(C(C)C)c(S(=O)(=O)NCc3ccc(F)cc3)c2)on1. The van der Waals surface area contributed by atoms with Gasteiger partial charge in [0.25, 0.3) is 0 Å². The molecule has 0 amide bonds. The fraction of sp³-hybridized carbons (Fsp3) is 0.250. The van der Waals surface area contributed by atoms with Crippen LogP contribution in [0.2, 0.25) is 0 Å². The zero-order valence-electron chi connectivity index (χ0n) is 15.4. The molecule has 27 heavy (non-hydrogen) atoms. The second-order valence-corrected chi connectivity index (χ2v) is 8.43. The molecule has 0 aliphatic carbocycles. The highest BCUT2D eigenvalue weighted by atomic mass is 32.2. The summed E-state index contributed by atoms with van der Waals surface area (Å²) in [5.74, 6) is 0.171. The fourth-order valence-electron chi connectivity index (χ4n) is 2.76. The van der Waals surface area contributed by atoms with E-state index in [1.54, 1.807) is 37.3 Å². The van der Waals surface area contributed by atoms with Gasteiger partial charge in [0, 0.05) is 18.2 Å². The summed E-state index contributed by atoms with van der Waals surface area (Å²) in [5, 5.41) is 3.85. The van der Waals surface area contributed by atoms with E-state index in [0.29, 0.717) is 22.5 Å². The molecule has 1 aromatic heterocycles. The van der Waals surface area contributed by atoms with Crippen molar-refractivity contribution in [2.45, 2.75) is 38.1 Å². The summed E-state index contributed by atoms with van der Waals surface area (Å²) >= 11 is 0. The van der Waals surface area contributed by atoms with Crippen LogP contribution in [0.25, 0.3) is 11.3 Å². The van der Waals surface area contributed by atoms with E-state index in [4.69, 9.17) is 4.52 Å². The summed E-state index contributed by atoms with van der Waals surface area (Å²) < 4.78 is 46.8. The van der Waals surface area contributed by atoms with E-state index < -0.39 is 10.0 Å². The lowest BCUT2D eigenvalue weighted by Crippen LogP contribution is -2.24. The predicted molar refractivity (Wildman–Crippen MR) is 101 cm³/mol. The van der Waals surface area contributed by atoms with Crippen LogP contribution in [0, 0.1) is 12.7 Å². The van der Waals surface area contributed by atoms with Crippen molar-refractivity contribution in [3.8, 4) is 11.3 Å². The van der Waals surface area contributed by atoms with E-state index in [2.05, 4.69) is 9.88 Å². The Labute approximate surface area is 158 Å². The van der Waals surface area contributed by atoms with Crippen LogP contribution >= 0.6 is 0 Å². The molecule has 1 N–H and O–H groups in total. The molecule has 0 fully saturated rings. The lowest BCUT2D eigenvalue weighted by Gasteiger charge is -2.15. The molecule has 3 aromatic rings. The van der Waals surface area contributed by atoms with Crippen LogP contribution in [0.4, 0.5) is 4.39 Å². The third kappa shape index (κ3) is 4.43. The standard InChI is InChI=1S/C20H21FN2O3S/c1-13(2)18-9-6-16(19-10-14(3)23-26-19)11-20(18)27(24,25)22-12-15-4-7-17(21)8-5-15/h4-11,13,22H,12H2,1-3H3. The van der Waals surface area contributed by atoms with Crippen molar-refractivity contribution >= 4 is 10.0 Å². The first kappa shape index (κ1) is 19.3. The van der Waals surface area contributed by atoms with Gasteiger partial charge in [0.05, 0.1) is 10.6 Å². The lowest BCUT2D eigenvalue weighted by atomic mass is 10.0. The molecule has 142 valence electrons. The van der Waals surface area contributed by atoms with Crippen molar-refractivity contribution in [3.05, 3.63) is 71.2 Å². The van der Waals surface area contributed by atoms with Gasteiger partial charge in [-0.05, 0) is 42.2 Å². The Balaban J connectivity index is 1.95. The van der Waals surface area contributed by atoms with Crippen LogP contribution in [0.1, 0.15) is 36.6 Å². The minimum atomic E-state index is -3.77. The maximum atomic E-state index is 13.0. The number of nitrogens with one attached hydrogen (secondary N) is 1. The Kier molecular flexibility index (Phi) is 5.43. The largest absolute Gasteiger partial charge is 0.356 e. The van der Waals surface area contributed by atoms with E-state index in [1.807, 2.05) is 19.9 Å². The Hall–Kier alpha value is -2.51. The van der Waals surface area contributed by atoms with Gasteiger partial charge in [-0.3, -0.25) is 0 Å². The van der Waals surface area contributed by atoms with E-state index in [0.717, 1.165) is 5.69 Å². The Morgan fingerprint density at radius 3 is 2.41 bits per heavy atom. The first-order valence-electron chi connectivity index (χ1n) is 8.58. The summed E-state index contributed by atoms with van der Waals surface area (Å²) in [5.41, 5.74) is 2.74. The number of nitrogens with zero attached hydrogens (tertiary/aromatic N) is 1. The summed E-state index contributed by atoms with van der Waals surface area (Å²) in [6.45, 7) is 5.75. The van der Waals surface area contributed by atoms with Crippen LogP contribution in [0.5, 0.6) is 0 Å². The van der Waals surface area contributed by atoms with Crippen molar-refractivity contribution in [2.24, 2.45) is 0 Å². The summed E-state index contributed by atoms with van der Waals surface area (Å²) in [7, 11) is -3.77. The van der Waals surface area contributed by atoms with Crippen LogP contribution in [-0.2, 0) is 16.6 Å². The van der Waals surface area contributed by atoms with E-state index in [9.17, 15) is 12.8 Å². The maximum Gasteiger partial charge on any atom is 0.241 e. The van der Waals surface area contributed by atoms with Crippen LogP contribution in [-0.4, -0.2) is 13.6 Å².